The minimum atomic E-state index is -1.26. The molecule has 7 nitrogen and oxygen atoms in total. The van der Waals surface area contributed by atoms with E-state index in [1.54, 1.807) is 0 Å². The van der Waals surface area contributed by atoms with E-state index in [2.05, 4.69) is 14.8 Å². The third-order valence-electron chi connectivity index (χ3n) is 2.02. The van der Waals surface area contributed by atoms with E-state index in [9.17, 15) is 18.8 Å². The summed E-state index contributed by atoms with van der Waals surface area (Å²) < 4.78 is 30.7. The van der Waals surface area contributed by atoms with Crippen LogP contribution in [0.1, 0.15) is 0 Å². The first-order valence-corrected chi connectivity index (χ1v) is 4.93. The van der Waals surface area contributed by atoms with Crippen LogP contribution in [0.2, 0.25) is 0 Å². The van der Waals surface area contributed by atoms with Gasteiger partial charge in [-0.2, -0.15) is 4.98 Å². The predicted octanol–water partition coefficient (Wildman–Crippen LogP) is 0.924. The number of hydrogen-bond acceptors (Lipinski definition) is 5. The van der Waals surface area contributed by atoms with Crippen molar-refractivity contribution >= 4 is 5.97 Å². The Morgan fingerprint density at radius 1 is 1.32 bits per heavy atom. The Morgan fingerprint density at radius 3 is 2.53 bits per heavy atom. The first-order chi connectivity index (χ1) is 8.95. The van der Waals surface area contributed by atoms with Gasteiger partial charge in [-0.05, 0) is 12.1 Å². The molecule has 0 radical (unpaired) electrons. The Hall–Kier alpha value is -2.71. The second-order valence-corrected chi connectivity index (χ2v) is 3.45. The van der Waals surface area contributed by atoms with Gasteiger partial charge in [0.15, 0.2) is 6.61 Å². The summed E-state index contributed by atoms with van der Waals surface area (Å²) in [7, 11) is 0. The predicted molar refractivity (Wildman–Crippen MR) is 55.7 cm³/mol. The zero-order valence-electron chi connectivity index (χ0n) is 9.25. The van der Waals surface area contributed by atoms with Crippen LogP contribution in [0.25, 0.3) is 11.4 Å². The summed E-state index contributed by atoms with van der Waals surface area (Å²) in [5.41, 5.74) is -0.0716. The second kappa shape index (κ2) is 4.88. The third-order valence-corrected chi connectivity index (χ3v) is 2.02. The van der Waals surface area contributed by atoms with Crippen LogP contribution >= 0.6 is 0 Å². The number of ether oxygens (including phenoxy) is 1. The zero-order valence-corrected chi connectivity index (χ0v) is 9.25. The van der Waals surface area contributed by atoms with Crippen LogP contribution in [0.3, 0.4) is 0 Å². The van der Waals surface area contributed by atoms with Crippen molar-refractivity contribution in [2.24, 2.45) is 0 Å². The van der Waals surface area contributed by atoms with Crippen LogP contribution in [-0.4, -0.2) is 37.8 Å². The van der Waals surface area contributed by atoms with Gasteiger partial charge in [0.25, 0.3) is 0 Å². The second-order valence-electron chi connectivity index (χ2n) is 3.45. The Bertz CT molecular complexity index is 609. The molecule has 0 unspecified atom stereocenters. The van der Waals surface area contributed by atoms with Crippen molar-refractivity contribution in [3.8, 4) is 17.4 Å². The van der Waals surface area contributed by atoms with Crippen molar-refractivity contribution in [2.45, 2.75) is 0 Å². The molecule has 2 aromatic rings. The van der Waals surface area contributed by atoms with E-state index in [0.29, 0.717) is 6.07 Å². The average Bonchev–Trinajstić information content (AvgIpc) is 2.66. The van der Waals surface area contributed by atoms with Crippen LogP contribution in [0.5, 0.6) is 6.01 Å². The topological polar surface area (TPSA) is 97.5 Å². The van der Waals surface area contributed by atoms with Crippen molar-refractivity contribution in [3.05, 3.63) is 29.8 Å². The molecule has 0 saturated heterocycles. The lowest BCUT2D eigenvalue weighted by Gasteiger charge is -1.98. The summed E-state index contributed by atoms with van der Waals surface area (Å²) in [6.07, 6.45) is 0. The number of carbonyl (C=O) groups is 1. The highest BCUT2D eigenvalue weighted by molar-refractivity contribution is 5.68. The first kappa shape index (κ1) is 12.7. The zero-order chi connectivity index (χ0) is 14.0. The van der Waals surface area contributed by atoms with Crippen LogP contribution in [0.4, 0.5) is 8.78 Å². The number of nitrogens with zero attached hydrogens (tertiary/aromatic N) is 3. The van der Waals surface area contributed by atoms with Crippen LogP contribution < -0.4 is 4.74 Å². The van der Waals surface area contributed by atoms with Crippen molar-refractivity contribution in [2.75, 3.05) is 6.61 Å². The SMILES string of the molecule is O=C(O)COc1nc(-c2cc(F)cc(F)c2)n(O)n1. The van der Waals surface area contributed by atoms with Gasteiger partial charge in [-0.25, -0.2) is 13.6 Å². The lowest BCUT2D eigenvalue weighted by molar-refractivity contribution is -0.139. The molecule has 1 aromatic carbocycles. The maximum absolute atomic E-state index is 13.0. The Balaban J connectivity index is 2.31. The van der Waals surface area contributed by atoms with Gasteiger partial charge in [-0.3, -0.25) is 0 Å². The summed E-state index contributed by atoms with van der Waals surface area (Å²) in [6.45, 7) is -0.707. The number of carboxylic acid groups (broad SMARTS) is 1. The monoisotopic (exact) mass is 271 g/mol. The van der Waals surface area contributed by atoms with E-state index in [4.69, 9.17) is 5.11 Å². The molecular weight excluding hydrogens is 264 g/mol. The maximum atomic E-state index is 13.0. The lowest BCUT2D eigenvalue weighted by Crippen LogP contribution is -2.10. The van der Waals surface area contributed by atoms with Crippen molar-refractivity contribution in [1.29, 1.82) is 0 Å². The highest BCUT2D eigenvalue weighted by Gasteiger charge is 2.15. The molecule has 0 amide bonds. The quantitative estimate of drug-likeness (QED) is 0.802. The van der Waals surface area contributed by atoms with Crippen LogP contribution in [-0.2, 0) is 4.79 Å². The minimum absolute atomic E-state index is 0.0716. The first-order valence-electron chi connectivity index (χ1n) is 4.93. The Morgan fingerprint density at radius 2 is 1.95 bits per heavy atom. The molecule has 100 valence electrons. The molecule has 19 heavy (non-hydrogen) atoms. The fraction of sp³-hybridized carbons (Fsp3) is 0.100. The van der Waals surface area contributed by atoms with Gasteiger partial charge in [0, 0.05) is 11.6 Å². The number of carboxylic acids is 1. The van der Waals surface area contributed by atoms with E-state index in [0.717, 1.165) is 12.1 Å². The average molecular weight is 271 g/mol. The van der Waals surface area contributed by atoms with E-state index < -0.39 is 30.2 Å². The summed E-state index contributed by atoms with van der Waals surface area (Å²) in [4.78, 5) is 14.1. The van der Waals surface area contributed by atoms with Gasteiger partial charge in [0.05, 0.1) is 0 Å². The molecule has 0 fully saturated rings. The molecule has 0 aliphatic carbocycles. The summed E-state index contributed by atoms with van der Waals surface area (Å²) in [5.74, 6) is -3.25. The van der Waals surface area contributed by atoms with Gasteiger partial charge >= 0.3 is 12.0 Å². The molecule has 9 heteroatoms. The van der Waals surface area contributed by atoms with Crippen LogP contribution in [0, 0.1) is 11.6 Å². The highest BCUT2D eigenvalue weighted by Crippen LogP contribution is 2.21. The number of hydrogen-bond donors (Lipinski definition) is 2. The van der Waals surface area contributed by atoms with Crippen molar-refractivity contribution in [1.82, 2.24) is 14.9 Å². The molecule has 0 atom stereocenters. The number of benzene rings is 1. The van der Waals surface area contributed by atoms with Gasteiger partial charge in [-0.15, -0.1) is 0 Å². The maximum Gasteiger partial charge on any atom is 0.341 e. The third kappa shape index (κ3) is 2.94. The molecule has 0 saturated carbocycles. The molecule has 0 spiro atoms. The fourth-order valence-corrected chi connectivity index (χ4v) is 1.34. The molecule has 1 heterocycles. The Labute approximate surface area is 104 Å². The smallest absolute Gasteiger partial charge is 0.341 e. The van der Waals surface area contributed by atoms with Crippen molar-refractivity contribution in [3.63, 3.8) is 0 Å². The number of rotatable bonds is 4. The van der Waals surface area contributed by atoms with E-state index in [-0.39, 0.29) is 16.2 Å². The number of halogens is 2. The van der Waals surface area contributed by atoms with Gasteiger partial charge in [-0.1, -0.05) is 9.94 Å². The summed E-state index contributed by atoms with van der Waals surface area (Å²) in [5, 5.41) is 21.1. The molecule has 0 aliphatic heterocycles. The largest absolute Gasteiger partial charge is 0.479 e. The molecule has 2 rings (SSSR count). The Kier molecular flexibility index (Phi) is 3.27. The van der Waals surface area contributed by atoms with E-state index in [1.807, 2.05) is 0 Å². The molecule has 2 N–H and O–H groups in total. The summed E-state index contributed by atoms with van der Waals surface area (Å²) in [6, 6.07) is 2.09. The fourth-order valence-electron chi connectivity index (χ4n) is 1.34. The molecule has 0 bridgehead atoms. The number of aromatic nitrogens is 3. The van der Waals surface area contributed by atoms with E-state index >= 15 is 0 Å². The van der Waals surface area contributed by atoms with Crippen molar-refractivity contribution < 1.29 is 28.6 Å². The summed E-state index contributed by atoms with van der Waals surface area (Å²) >= 11 is 0. The normalized spacial score (nSPS) is 10.4. The van der Waals surface area contributed by atoms with Gasteiger partial charge in [0.2, 0.25) is 5.82 Å². The lowest BCUT2D eigenvalue weighted by atomic mass is 10.2. The minimum Gasteiger partial charge on any atom is -0.479 e. The standard InChI is InChI=1S/C10H7F2N3O4/c11-6-1-5(2-7(12)3-6)9-13-10(14-15(9)18)19-4-8(16)17/h1-3,18H,4H2,(H,16,17). The molecule has 1 aromatic heterocycles. The molecule has 0 aliphatic rings. The van der Waals surface area contributed by atoms with Gasteiger partial charge < -0.3 is 15.1 Å². The van der Waals surface area contributed by atoms with E-state index in [1.165, 1.54) is 0 Å². The number of aliphatic carboxylic acids is 1. The van der Waals surface area contributed by atoms with Gasteiger partial charge in [0.1, 0.15) is 11.6 Å². The highest BCUT2D eigenvalue weighted by atomic mass is 19.1. The van der Waals surface area contributed by atoms with Crippen LogP contribution in [0.15, 0.2) is 18.2 Å². The molecular formula is C10H7F2N3O4.